The first-order valence-corrected chi connectivity index (χ1v) is 7.24. The normalized spacial score (nSPS) is 30.9. The monoisotopic (exact) mass is 333 g/mol. The van der Waals surface area contributed by atoms with E-state index in [1.54, 1.807) is 0 Å². The SMILES string of the molecule is CC(CC1CC(O)C(O)(O)C(SCC(F)(F)F)O1)C(N)=O. The Morgan fingerprint density at radius 1 is 1.52 bits per heavy atom. The number of nitrogens with two attached hydrogens (primary N) is 1. The molecule has 1 heterocycles. The van der Waals surface area contributed by atoms with E-state index < -0.39 is 47.2 Å². The largest absolute Gasteiger partial charge is 0.397 e. The zero-order valence-corrected chi connectivity index (χ0v) is 12.0. The van der Waals surface area contributed by atoms with Gasteiger partial charge in [0.2, 0.25) is 11.7 Å². The van der Waals surface area contributed by atoms with Crippen molar-refractivity contribution < 1.29 is 38.0 Å². The zero-order valence-electron chi connectivity index (χ0n) is 11.2. The molecule has 0 aromatic rings. The van der Waals surface area contributed by atoms with Gasteiger partial charge in [-0.05, 0) is 6.42 Å². The van der Waals surface area contributed by atoms with Crippen molar-refractivity contribution in [1.82, 2.24) is 0 Å². The molecule has 1 saturated heterocycles. The lowest BCUT2D eigenvalue weighted by molar-refractivity contribution is -0.300. The number of aliphatic hydroxyl groups excluding tert-OH is 1. The number of hydrogen-bond donors (Lipinski definition) is 4. The molecule has 0 aromatic carbocycles. The van der Waals surface area contributed by atoms with Crippen molar-refractivity contribution >= 4 is 17.7 Å². The van der Waals surface area contributed by atoms with Crippen molar-refractivity contribution in [1.29, 1.82) is 0 Å². The Balaban J connectivity index is 2.71. The third-order valence-corrected chi connectivity index (χ3v) is 4.39. The summed E-state index contributed by atoms with van der Waals surface area (Å²) in [7, 11) is 0. The fraction of sp³-hybridized carbons (Fsp3) is 0.909. The minimum Gasteiger partial charge on any atom is -0.387 e. The van der Waals surface area contributed by atoms with Gasteiger partial charge < -0.3 is 25.8 Å². The molecule has 0 saturated carbocycles. The molecule has 0 radical (unpaired) electrons. The molecule has 0 bridgehead atoms. The van der Waals surface area contributed by atoms with E-state index in [1.807, 2.05) is 0 Å². The van der Waals surface area contributed by atoms with Crippen LogP contribution in [-0.4, -0.2) is 56.6 Å². The van der Waals surface area contributed by atoms with Crippen LogP contribution in [0.4, 0.5) is 13.2 Å². The first-order valence-electron chi connectivity index (χ1n) is 6.19. The lowest BCUT2D eigenvalue weighted by atomic mass is 9.93. The summed E-state index contributed by atoms with van der Waals surface area (Å²) in [6.45, 7) is 1.51. The molecule has 1 fully saturated rings. The number of amides is 1. The molecule has 4 unspecified atom stereocenters. The van der Waals surface area contributed by atoms with E-state index in [4.69, 9.17) is 10.5 Å². The van der Waals surface area contributed by atoms with Crippen LogP contribution < -0.4 is 5.73 Å². The Labute approximate surface area is 123 Å². The Kier molecular flexibility index (Phi) is 5.90. The number of carbonyl (C=O) groups is 1. The number of halogens is 3. The van der Waals surface area contributed by atoms with Crippen molar-refractivity contribution in [3.8, 4) is 0 Å². The summed E-state index contributed by atoms with van der Waals surface area (Å²) in [4.78, 5) is 11.0. The van der Waals surface area contributed by atoms with Crippen LogP contribution in [0.5, 0.6) is 0 Å². The van der Waals surface area contributed by atoms with E-state index in [1.165, 1.54) is 6.92 Å². The molecule has 5 N–H and O–H groups in total. The highest BCUT2D eigenvalue weighted by Crippen LogP contribution is 2.38. The van der Waals surface area contributed by atoms with E-state index >= 15 is 0 Å². The average molecular weight is 333 g/mol. The fourth-order valence-electron chi connectivity index (χ4n) is 1.90. The highest BCUT2D eigenvalue weighted by molar-refractivity contribution is 7.99. The van der Waals surface area contributed by atoms with E-state index in [2.05, 4.69) is 0 Å². The zero-order chi connectivity index (χ0) is 16.4. The Morgan fingerprint density at radius 3 is 2.57 bits per heavy atom. The van der Waals surface area contributed by atoms with Gasteiger partial charge in [0.05, 0.1) is 11.9 Å². The van der Waals surface area contributed by atoms with E-state index in [-0.39, 0.29) is 24.6 Å². The van der Waals surface area contributed by atoms with Crippen molar-refractivity contribution in [3.05, 3.63) is 0 Å². The minimum absolute atomic E-state index is 0.0750. The van der Waals surface area contributed by atoms with Crippen LogP contribution in [-0.2, 0) is 9.53 Å². The number of alkyl halides is 3. The molecule has 1 aliphatic rings. The summed E-state index contributed by atoms with van der Waals surface area (Å²) in [5, 5.41) is 29.0. The van der Waals surface area contributed by atoms with Crippen LogP contribution in [0.2, 0.25) is 0 Å². The molecule has 124 valence electrons. The highest BCUT2D eigenvalue weighted by Gasteiger charge is 2.50. The Hall–Kier alpha value is -0.550. The third-order valence-electron chi connectivity index (χ3n) is 3.14. The Morgan fingerprint density at radius 2 is 2.10 bits per heavy atom. The summed E-state index contributed by atoms with van der Waals surface area (Å²) >= 11 is 0.131. The Bertz CT molecular complexity index is 379. The lowest BCUT2D eigenvalue weighted by Crippen LogP contribution is -2.58. The molecule has 1 amide bonds. The van der Waals surface area contributed by atoms with Gasteiger partial charge in [0, 0.05) is 12.3 Å². The van der Waals surface area contributed by atoms with Gasteiger partial charge in [-0.3, -0.25) is 4.79 Å². The van der Waals surface area contributed by atoms with Gasteiger partial charge in [0.1, 0.15) is 6.10 Å². The topological polar surface area (TPSA) is 113 Å². The highest BCUT2D eigenvalue weighted by atomic mass is 32.2. The van der Waals surface area contributed by atoms with E-state index in [0.29, 0.717) is 0 Å². The average Bonchev–Trinajstić information content (AvgIpc) is 2.30. The summed E-state index contributed by atoms with van der Waals surface area (Å²) in [6, 6.07) is 0. The van der Waals surface area contributed by atoms with Crippen LogP contribution in [0, 0.1) is 5.92 Å². The van der Waals surface area contributed by atoms with Crippen LogP contribution in [0.15, 0.2) is 0 Å². The molecule has 21 heavy (non-hydrogen) atoms. The predicted octanol–water partition coefficient (Wildman–Crippen LogP) is -0.0498. The summed E-state index contributed by atoms with van der Waals surface area (Å²) in [5.41, 5.74) is 3.41. The molecular formula is C11H18F3NO5S. The van der Waals surface area contributed by atoms with Gasteiger partial charge in [-0.15, -0.1) is 11.8 Å². The molecule has 1 aliphatic heterocycles. The second-order valence-corrected chi connectivity index (χ2v) is 6.14. The van der Waals surface area contributed by atoms with Gasteiger partial charge in [0.25, 0.3) is 0 Å². The summed E-state index contributed by atoms with van der Waals surface area (Å²) < 4.78 is 41.8. The molecule has 0 aromatic heterocycles. The van der Waals surface area contributed by atoms with Crippen LogP contribution in [0.25, 0.3) is 0 Å². The van der Waals surface area contributed by atoms with Crippen molar-refractivity contribution in [2.45, 2.75) is 49.4 Å². The second kappa shape index (κ2) is 6.69. The lowest BCUT2D eigenvalue weighted by Gasteiger charge is -2.42. The maximum atomic E-state index is 12.2. The van der Waals surface area contributed by atoms with Crippen molar-refractivity contribution in [2.75, 3.05) is 5.75 Å². The molecular weight excluding hydrogens is 315 g/mol. The van der Waals surface area contributed by atoms with Gasteiger partial charge in [0.15, 0.2) is 5.44 Å². The van der Waals surface area contributed by atoms with Crippen LogP contribution >= 0.6 is 11.8 Å². The molecule has 10 heteroatoms. The number of ether oxygens (including phenoxy) is 1. The van der Waals surface area contributed by atoms with Gasteiger partial charge in [-0.2, -0.15) is 13.2 Å². The van der Waals surface area contributed by atoms with E-state index in [0.717, 1.165) is 0 Å². The fourth-order valence-corrected chi connectivity index (χ4v) is 2.88. The molecule has 0 spiro atoms. The molecule has 1 rings (SSSR count). The minimum atomic E-state index is -4.51. The second-order valence-electron chi connectivity index (χ2n) is 5.09. The number of aliphatic hydroxyl groups is 3. The van der Waals surface area contributed by atoms with Crippen LogP contribution in [0.3, 0.4) is 0 Å². The summed E-state index contributed by atoms with van der Waals surface area (Å²) in [5.74, 6) is -5.37. The number of thioether (sulfide) groups is 1. The van der Waals surface area contributed by atoms with Gasteiger partial charge in [-0.1, -0.05) is 6.92 Å². The predicted molar refractivity (Wildman–Crippen MR) is 67.9 cm³/mol. The quantitative estimate of drug-likeness (QED) is 0.525. The van der Waals surface area contributed by atoms with Crippen LogP contribution in [0.1, 0.15) is 19.8 Å². The molecule has 4 atom stereocenters. The third kappa shape index (κ3) is 5.29. The van der Waals surface area contributed by atoms with Gasteiger partial charge in [-0.25, -0.2) is 0 Å². The summed E-state index contributed by atoms with van der Waals surface area (Å²) in [6.07, 6.45) is -7.12. The number of primary amides is 1. The first-order chi connectivity index (χ1) is 9.43. The van der Waals surface area contributed by atoms with Crippen molar-refractivity contribution in [3.63, 3.8) is 0 Å². The molecule has 0 aliphatic carbocycles. The maximum Gasteiger partial charge on any atom is 0.397 e. The van der Waals surface area contributed by atoms with Crippen molar-refractivity contribution in [2.24, 2.45) is 11.7 Å². The smallest absolute Gasteiger partial charge is 0.387 e. The van der Waals surface area contributed by atoms with Gasteiger partial charge >= 0.3 is 6.18 Å². The molecule has 6 nitrogen and oxygen atoms in total. The number of hydrogen-bond acceptors (Lipinski definition) is 6. The maximum absolute atomic E-state index is 12.2. The first kappa shape index (κ1) is 18.5. The van der Waals surface area contributed by atoms with E-state index in [9.17, 15) is 33.3 Å². The number of rotatable bonds is 5. The standard InChI is InChI=1S/C11H18F3NO5S/c1-5(8(15)17)2-6-3-7(16)11(18,19)9(20-6)21-4-10(12,13)14/h5-7,9,16,18-19H,2-4H2,1H3,(H2,15,17). The number of carbonyl (C=O) groups excluding carboxylic acids is 1.